The molecule has 2 N–H and O–H groups in total. The van der Waals surface area contributed by atoms with Crippen LogP contribution in [0.1, 0.15) is 13.3 Å². The number of carbonyl (C=O) groups is 2. The largest absolute Gasteiger partial charge is 0.506 e. The number of hydrogen-bond acceptors (Lipinski definition) is 3. The predicted molar refractivity (Wildman–Crippen MR) is 52.0 cm³/mol. The minimum atomic E-state index is -0.418. The van der Waals surface area contributed by atoms with E-state index in [-0.39, 0.29) is 18.0 Å². The number of nitrogens with one attached hydrogen (secondary N) is 1. The first-order valence-electron chi connectivity index (χ1n) is 4.17. The summed E-state index contributed by atoms with van der Waals surface area (Å²) in [6.07, 6.45) is -0.172. The molecule has 0 saturated heterocycles. The van der Waals surface area contributed by atoms with E-state index >= 15 is 0 Å². The highest BCUT2D eigenvalue weighted by atomic mass is 16.3. The molecule has 4 heteroatoms. The van der Waals surface area contributed by atoms with Crippen molar-refractivity contribution in [2.45, 2.75) is 13.3 Å². The third-order valence-corrected chi connectivity index (χ3v) is 1.59. The van der Waals surface area contributed by atoms with Crippen LogP contribution in [0.2, 0.25) is 0 Å². The molecule has 0 fully saturated rings. The molecule has 0 aromatic heterocycles. The summed E-state index contributed by atoms with van der Waals surface area (Å²) in [6.45, 7) is 1.34. The maximum atomic E-state index is 11.1. The molecule has 1 rings (SSSR count). The number of rotatable bonds is 3. The molecule has 4 nitrogen and oxygen atoms in total. The first-order chi connectivity index (χ1) is 6.59. The van der Waals surface area contributed by atoms with E-state index in [0.717, 1.165) is 0 Å². The van der Waals surface area contributed by atoms with Gasteiger partial charge in [-0.1, -0.05) is 12.1 Å². The lowest BCUT2D eigenvalue weighted by molar-refractivity contribution is -0.124. The smallest absolute Gasteiger partial charge is 0.231 e. The van der Waals surface area contributed by atoms with Crippen LogP contribution in [0, 0.1) is 0 Å². The molecule has 1 aromatic rings. The van der Waals surface area contributed by atoms with E-state index < -0.39 is 5.91 Å². The van der Waals surface area contributed by atoms with Crippen LogP contribution in [0.25, 0.3) is 0 Å². The third-order valence-electron chi connectivity index (χ3n) is 1.59. The zero-order valence-electron chi connectivity index (χ0n) is 7.78. The standard InChI is InChI=1S/C10H11NO3/c1-7(12)6-10(14)11-8-4-2-3-5-9(8)13/h2-5,13H,6H2,1H3,(H,11,14). The molecule has 0 radical (unpaired) electrons. The van der Waals surface area contributed by atoms with Crippen molar-refractivity contribution in [3.05, 3.63) is 24.3 Å². The second-order valence-corrected chi connectivity index (χ2v) is 2.94. The zero-order chi connectivity index (χ0) is 10.6. The van der Waals surface area contributed by atoms with Gasteiger partial charge in [0, 0.05) is 0 Å². The maximum Gasteiger partial charge on any atom is 0.231 e. The Morgan fingerprint density at radius 1 is 1.36 bits per heavy atom. The van der Waals surface area contributed by atoms with E-state index in [0.29, 0.717) is 5.69 Å². The monoisotopic (exact) mass is 193 g/mol. The van der Waals surface area contributed by atoms with Gasteiger partial charge in [-0.05, 0) is 19.1 Å². The van der Waals surface area contributed by atoms with Crippen molar-refractivity contribution in [1.29, 1.82) is 0 Å². The van der Waals surface area contributed by atoms with Gasteiger partial charge in [0.15, 0.2) is 0 Å². The molecule has 0 unspecified atom stereocenters. The van der Waals surface area contributed by atoms with Gasteiger partial charge in [-0.25, -0.2) is 0 Å². The average Bonchev–Trinajstić information content (AvgIpc) is 2.07. The number of phenolic OH excluding ortho intramolecular Hbond substituents is 1. The molecule has 14 heavy (non-hydrogen) atoms. The van der Waals surface area contributed by atoms with Crippen LogP contribution in [0.3, 0.4) is 0 Å². The molecule has 0 atom stereocenters. The maximum absolute atomic E-state index is 11.1. The number of anilines is 1. The molecule has 74 valence electrons. The molecule has 0 bridgehead atoms. The third kappa shape index (κ3) is 2.90. The van der Waals surface area contributed by atoms with Crippen molar-refractivity contribution in [2.75, 3.05) is 5.32 Å². The Kier molecular flexibility index (Phi) is 3.23. The zero-order valence-corrected chi connectivity index (χ0v) is 7.78. The van der Waals surface area contributed by atoms with Crippen molar-refractivity contribution < 1.29 is 14.7 Å². The highest BCUT2D eigenvalue weighted by Crippen LogP contribution is 2.21. The van der Waals surface area contributed by atoms with E-state index in [1.165, 1.54) is 13.0 Å². The number of amides is 1. The summed E-state index contributed by atoms with van der Waals surface area (Å²) >= 11 is 0. The van der Waals surface area contributed by atoms with Crippen LogP contribution in [-0.4, -0.2) is 16.8 Å². The van der Waals surface area contributed by atoms with E-state index in [4.69, 9.17) is 0 Å². The summed E-state index contributed by atoms with van der Waals surface area (Å²) in [5.74, 6) is -0.638. The van der Waals surface area contributed by atoms with Gasteiger partial charge in [0.2, 0.25) is 5.91 Å². The fourth-order valence-corrected chi connectivity index (χ4v) is 1.000. The molecule has 1 aromatic carbocycles. The van der Waals surface area contributed by atoms with Gasteiger partial charge in [-0.15, -0.1) is 0 Å². The number of para-hydroxylation sites is 2. The van der Waals surface area contributed by atoms with Crippen molar-refractivity contribution in [3.63, 3.8) is 0 Å². The minimum Gasteiger partial charge on any atom is -0.506 e. The molecule has 0 spiro atoms. The second kappa shape index (κ2) is 4.41. The van der Waals surface area contributed by atoms with Crippen molar-refractivity contribution in [2.24, 2.45) is 0 Å². The number of Topliss-reactive ketones (excluding diaryl/α,β-unsaturated/α-hetero) is 1. The number of benzene rings is 1. The van der Waals surface area contributed by atoms with Gasteiger partial charge in [-0.3, -0.25) is 9.59 Å². The first-order valence-corrected chi connectivity index (χ1v) is 4.17. The van der Waals surface area contributed by atoms with E-state index in [1.54, 1.807) is 18.2 Å². The molecular formula is C10H11NO3. The van der Waals surface area contributed by atoms with Crippen LogP contribution in [0.5, 0.6) is 5.75 Å². The van der Waals surface area contributed by atoms with Gasteiger partial charge < -0.3 is 10.4 Å². The van der Waals surface area contributed by atoms with Crippen LogP contribution >= 0.6 is 0 Å². The van der Waals surface area contributed by atoms with Crippen molar-refractivity contribution >= 4 is 17.4 Å². The number of carbonyl (C=O) groups excluding carboxylic acids is 2. The number of ketones is 1. The Bertz CT molecular complexity index is 360. The SMILES string of the molecule is CC(=O)CC(=O)Nc1ccccc1O. The Morgan fingerprint density at radius 2 is 2.00 bits per heavy atom. The minimum absolute atomic E-state index is 0.00981. The molecule has 0 aliphatic heterocycles. The Labute approximate surface area is 81.6 Å². The first kappa shape index (κ1) is 10.2. The lowest BCUT2D eigenvalue weighted by atomic mass is 10.2. The van der Waals surface area contributed by atoms with Crippen LogP contribution in [-0.2, 0) is 9.59 Å². The van der Waals surface area contributed by atoms with Gasteiger partial charge >= 0.3 is 0 Å². The molecule has 0 saturated carbocycles. The van der Waals surface area contributed by atoms with E-state index in [2.05, 4.69) is 5.32 Å². The summed E-state index contributed by atoms with van der Waals surface area (Å²) in [6, 6.07) is 6.36. The summed E-state index contributed by atoms with van der Waals surface area (Å²) in [7, 11) is 0. The molecule has 0 aliphatic rings. The normalized spacial score (nSPS) is 9.50. The number of hydrogen-bond donors (Lipinski definition) is 2. The Hall–Kier alpha value is -1.84. The van der Waals surface area contributed by atoms with Crippen LogP contribution in [0.15, 0.2) is 24.3 Å². The van der Waals surface area contributed by atoms with Gasteiger partial charge in [0.05, 0.1) is 12.1 Å². The topological polar surface area (TPSA) is 66.4 Å². The highest BCUT2D eigenvalue weighted by Gasteiger charge is 2.07. The summed E-state index contributed by atoms with van der Waals surface area (Å²) in [4.78, 5) is 21.7. The quantitative estimate of drug-likeness (QED) is 0.561. The second-order valence-electron chi connectivity index (χ2n) is 2.94. The van der Waals surface area contributed by atoms with Gasteiger partial charge in [-0.2, -0.15) is 0 Å². The van der Waals surface area contributed by atoms with E-state index in [1.807, 2.05) is 0 Å². The number of phenols is 1. The Balaban J connectivity index is 2.65. The van der Waals surface area contributed by atoms with Crippen molar-refractivity contribution in [3.8, 4) is 5.75 Å². The lowest BCUT2D eigenvalue weighted by Crippen LogP contribution is -2.14. The average molecular weight is 193 g/mol. The summed E-state index contributed by atoms with van der Waals surface area (Å²) in [5.41, 5.74) is 0.318. The number of aromatic hydroxyl groups is 1. The fourth-order valence-electron chi connectivity index (χ4n) is 1.000. The molecule has 1 amide bonds. The summed E-state index contributed by atoms with van der Waals surface area (Å²) in [5, 5.41) is 11.7. The van der Waals surface area contributed by atoms with E-state index in [9.17, 15) is 14.7 Å². The Morgan fingerprint density at radius 3 is 2.57 bits per heavy atom. The van der Waals surface area contributed by atoms with Crippen molar-refractivity contribution in [1.82, 2.24) is 0 Å². The van der Waals surface area contributed by atoms with Crippen LogP contribution in [0.4, 0.5) is 5.69 Å². The predicted octanol–water partition coefficient (Wildman–Crippen LogP) is 1.31. The highest BCUT2D eigenvalue weighted by molar-refractivity contribution is 6.04. The molecule has 0 heterocycles. The molecule has 0 aliphatic carbocycles. The van der Waals surface area contributed by atoms with Gasteiger partial charge in [0.1, 0.15) is 11.5 Å². The van der Waals surface area contributed by atoms with Gasteiger partial charge in [0.25, 0.3) is 0 Å². The van der Waals surface area contributed by atoms with Crippen LogP contribution < -0.4 is 5.32 Å². The summed E-state index contributed by atoms with van der Waals surface area (Å²) < 4.78 is 0. The lowest BCUT2D eigenvalue weighted by Gasteiger charge is -2.05. The fraction of sp³-hybridized carbons (Fsp3) is 0.200. The molecular weight excluding hydrogens is 182 g/mol.